The highest BCUT2D eigenvalue weighted by Gasteiger charge is 2.20. The van der Waals surface area contributed by atoms with Crippen LogP contribution in [0.5, 0.6) is 0 Å². The van der Waals surface area contributed by atoms with E-state index in [0.717, 1.165) is 11.3 Å². The molecule has 1 N–H and O–H groups in total. The number of hydrogen-bond donors (Lipinski definition) is 1. The lowest BCUT2D eigenvalue weighted by Gasteiger charge is -2.22. The van der Waals surface area contributed by atoms with Gasteiger partial charge in [-0.1, -0.05) is 30.3 Å². The Balaban J connectivity index is 2.22. The highest BCUT2D eigenvalue weighted by atomic mass is 16.3. The van der Waals surface area contributed by atoms with Crippen LogP contribution in [-0.4, -0.2) is 34.9 Å². The van der Waals surface area contributed by atoms with Crippen molar-refractivity contribution < 1.29 is 9.90 Å². The summed E-state index contributed by atoms with van der Waals surface area (Å²) in [5, 5.41) is 14.4. The molecule has 0 aliphatic carbocycles. The van der Waals surface area contributed by atoms with Crippen LogP contribution in [0, 0.1) is 0 Å². The topological polar surface area (TPSA) is 52.9 Å². The highest BCUT2D eigenvalue weighted by Crippen LogP contribution is 2.14. The molecule has 1 amide bonds. The maximum atomic E-state index is 11.5. The summed E-state index contributed by atoms with van der Waals surface area (Å²) in [7, 11) is 0. The summed E-state index contributed by atoms with van der Waals surface area (Å²) in [4.78, 5) is 11.5. The second kappa shape index (κ2) is 4.90. The van der Waals surface area contributed by atoms with E-state index < -0.39 is 0 Å². The van der Waals surface area contributed by atoms with E-state index in [-0.39, 0.29) is 19.1 Å². The number of aliphatic hydroxyl groups is 1. The molecule has 0 spiro atoms. The number of hydrogen-bond acceptors (Lipinski definition) is 3. The number of rotatable bonds is 3. The molecule has 0 saturated heterocycles. The smallest absolute Gasteiger partial charge is 0.243 e. The Labute approximate surface area is 94.2 Å². The van der Waals surface area contributed by atoms with E-state index in [0.29, 0.717) is 12.8 Å². The van der Waals surface area contributed by atoms with Crippen LogP contribution < -0.4 is 0 Å². The molecule has 0 bridgehead atoms. The van der Waals surface area contributed by atoms with Gasteiger partial charge in [-0.3, -0.25) is 4.79 Å². The summed E-state index contributed by atoms with van der Waals surface area (Å²) in [5.74, 6) is -0.0197. The molecule has 1 heterocycles. The first-order valence-electron chi connectivity index (χ1n) is 5.35. The second-order valence-electron chi connectivity index (χ2n) is 3.65. The Morgan fingerprint density at radius 2 is 2.00 bits per heavy atom. The van der Waals surface area contributed by atoms with Gasteiger partial charge >= 0.3 is 0 Å². The molecule has 0 radical (unpaired) electrons. The summed E-state index contributed by atoms with van der Waals surface area (Å²) in [6.07, 6.45) is 1.14. The van der Waals surface area contributed by atoms with Crippen molar-refractivity contribution in [2.45, 2.75) is 12.8 Å². The van der Waals surface area contributed by atoms with E-state index in [4.69, 9.17) is 5.11 Å². The van der Waals surface area contributed by atoms with Gasteiger partial charge in [0.1, 0.15) is 0 Å². The first-order chi connectivity index (χ1) is 7.81. The summed E-state index contributed by atoms with van der Waals surface area (Å²) in [5.41, 5.74) is 1.95. The van der Waals surface area contributed by atoms with Crippen molar-refractivity contribution in [3.63, 3.8) is 0 Å². The fraction of sp³-hybridized carbons (Fsp3) is 0.333. The molecule has 4 heteroatoms. The Morgan fingerprint density at radius 3 is 2.69 bits per heavy atom. The van der Waals surface area contributed by atoms with E-state index in [1.165, 1.54) is 5.01 Å². The van der Waals surface area contributed by atoms with Crippen LogP contribution in [0.2, 0.25) is 0 Å². The molecular formula is C12H14N2O2. The quantitative estimate of drug-likeness (QED) is 0.823. The van der Waals surface area contributed by atoms with Gasteiger partial charge in [0.2, 0.25) is 5.91 Å². The van der Waals surface area contributed by atoms with Crippen molar-refractivity contribution in [3.8, 4) is 0 Å². The molecule has 0 aromatic heterocycles. The molecule has 1 aliphatic rings. The van der Waals surface area contributed by atoms with Gasteiger partial charge < -0.3 is 5.11 Å². The zero-order valence-electron chi connectivity index (χ0n) is 8.97. The first-order valence-corrected chi connectivity index (χ1v) is 5.35. The van der Waals surface area contributed by atoms with E-state index in [1.807, 2.05) is 30.3 Å². The number of benzene rings is 1. The molecule has 0 fully saturated rings. The molecule has 1 aromatic rings. The first kappa shape index (κ1) is 10.8. The van der Waals surface area contributed by atoms with Crippen LogP contribution in [0.1, 0.15) is 18.4 Å². The molecular weight excluding hydrogens is 204 g/mol. The fourth-order valence-corrected chi connectivity index (χ4v) is 1.71. The zero-order chi connectivity index (χ0) is 11.4. The zero-order valence-corrected chi connectivity index (χ0v) is 8.97. The van der Waals surface area contributed by atoms with Crippen molar-refractivity contribution in [3.05, 3.63) is 35.9 Å². The van der Waals surface area contributed by atoms with Gasteiger partial charge in [-0.15, -0.1) is 0 Å². The highest BCUT2D eigenvalue weighted by molar-refractivity contribution is 6.04. The molecule has 0 unspecified atom stereocenters. The van der Waals surface area contributed by atoms with Gasteiger partial charge in [-0.05, 0) is 5.56 Å². The van der Waals surface area contributed by atoms with Gasteiger partial charge in [0.25, 0.3) is 0 Å². The number of hydrazone groups is 1. The third-order valence-corrected chi connectivity index (χ3v) is 2.52. The average molecular weight is 218 g/mol. The number of aliphatic hydroxyl groups excluding tert-OH is 1. The number of carbonyl (C=O) groups excluding carboxylic acids is 1. The Morgan fingerprint density at radius 1 is 1.25 bits per heavy atom. The molecule has 0 saturated carbocycles. The molecule has 2 rings (SSSR count). The van der Waals surface area contributed by atoms with Gasteiger partial charge in [0, 0.05) is 12.8 Å². The lowest BCUT2D eigenvalue weighted by molar-refractivity contribution is -0.132. The molecule has 4 nitrogen and oxygen atoms in total. The van der Waals surface area contributed by atoms with Crippen molar-refractivity contribution in [1.82, 2.24) is 5.01 Å². The van der Waals surface area contributed by atoms with Crippen LogP contribution in [0.3, 0.4) is 0 Å². The van der Waals surface area contributed by atoms with E-state index in [1.54, 1.807) is 0 Å². The van der Waals surface area contributed by atoms with Crippen LogP contribution in [0.4, 0.5) is 0 Å². The predicted octanol–water partition coefficient (Wildman–Crippen LogP) is 1.01. The van der Waals surface area contributed by atoms with Crippen molar-refractivity contribution in [2.24, 2.45) is 5.10 Å². The van der Waals surface area contributed by atoms with Crippen LogP contribution in [-0.2, 0) is 4.79 Å². The van der Waals surface area contributed by atoms with Gasteiger partial charge in [-0.25, -0.2) is 5.01 Å². The third-order valence-electron chi connectivity index (χ3n) is 2.52. The number of β-amino-alcohol motifs (C(OH)–C–C–N with tert-alkyl or cyclic N) is 1. The number of carbonyl (C=O) groups is 1. The number of nitrogens with zero attached hydrogens (tertiary/aromatic N) is 2. The van der Waals surface area contributed by atoms with Crippen LogP contribution in [0.15, 0.2) is 35.4 Å². The summed E-state index contributed by atoms with van der Waals surface area (Å²) in [6.45, 7) is 0.215. The van der Waals surface area contributed by atoms with Gasteiger partial charge in [0.05, 0.1) is 18.9 Å². The maximum absolute atomic E-state index is 11.5. The Hall–Kier alpha value is -1.68. The van der Waals surface area contributed by atoms with E-state index >= 15 is 0 Å². The van der Waals surface area contributed by atoms with Gasteiger partial charge in [0.15, 0.2) is 0 Å². The minimum Gasteiger partial charge on any atom is -0.394 e. The molecule has 84 valence electrons. The Bertz CT molecular complexity index is 401. The summed E-state index contributed by atoms with van der Waals surface area (Å²) in [6, 6.07) is 9.80. The molecule has 0 atom stereocenters. The van der Waals surface area contributed by atoms with Crippen molar-refractivity contribution >= 4 is 11.6 Å². The molecule has 16 heavy (non-hydrogen) atoms. The fourth-order valence-electron chi connectivity index (χ4n) is 1.71. The SMILES string of the molecule is O=C1CCC(c2ccccc2)=NN1CCO. The van der Waals surface area contributed by atoms with E-state index in [2.05, 4.69) is 5.10 Å². The second-order valence-corrected chi connectivity index (χ2v) is 3.65. The van der Waals surface area contributed by atoms with Gasteiger partial charge in [-0.2, -0.15) is 5.10 Å². The Kier molecular flexibility index (Phi) is 3.31. The third kappa shape index (κ3) is 2.28. The predicted molar refractivity (Wildman–Crippen MR) is 61.0 cm³/mol. The molecule has 1 aliphatic heterocycles. The maximum Gasteiger partial charge on any atom is 0.243 e. The minimum atomic E-state index is -0.0582. The van der Waals surface area contributed by atoms with Crippen LogP contribution >= 0.6 is 0 Å². The standard InChI is InChI=1S/C12H14N2O2/c15-9-8-14-12(16)7-6-11(13-14)10-4-2-1-3-5-10/h1-5,15H,6-9H2. The minimum absolute atomic E-state index is 0.0197. The summed E-state index contributed by atoms with van der Waals surface area (Å²) >= 11 is 0. The normalized spacial score (nSPS) is 16.2. The summed E-state index contributed by atoms with van der Waals surface area (Å²) < 4.78 is 0. The van der Waals surface area contributed by atoms with Crippen molar-refractivity contribution in [1.29, 1.82) is 0 Å². The molecule has 1 aromatic carbocycles. The van der Waals surface area contributed by atoms with E-state index in [9.17, 15) is 4.79 Å². The largest absolute Gasteiger partial charge is 0.394 e. The van der Waals surface area contributed by atoms with Crippen LogP contribution in [0.25, 0.3) is 0 Å². The lowest BCUT2D eigenvalue weighted by atomic mass is 10.0. The monoisotopic (exact) mass is 218 g/mol. The lowest BCUT2D eigenvalue weighted by Crippen LogP contribution is -2.33. The van der Waals surface area contributed by atoms with Crippen molar-refractivity contribution in [2.75, 3.05) is 13.2 Å². The number of amides is 1. The average Bonchev–Trinajstić information content (AvgIpc) is 2.33.